The quantitative estimate of drug-likeness (QED) is 0.440. The molecule has 1 amide bonds. The molecule has 0 spiro atoms. The Balaban J connectivity index is 1.64. The van der Waals surface area contributed by atoms with E-state index in [4.69, 9.17) is 16.3 Å². The number of aliphatic hydroxyl groups is 1. The Hall–Kier alpha value is -3.41. The summed E-state index contributed by atoms with van der Waals surface area (Å²) in [5.74, 6) is 0. The Labute approximate surface area is 241 Å². The fraction of sp³-hybridized carbons (Fsp3) is 0.414. The summed E-state index contributed by atoms with van der Waals surface area (Å²) in [5.41, 5.74) is -3.24. The maximum Gasteiger partial charge on any atom is 0.427 e. The molecule has 3 heterocycles. The van der Waals surface area contributed by atoms with E-state index >= 15 is 0 Å². The van der Waals surface area contributed by atoms with E-state index in [9.17, 15) is 23.1 Å². The number of piperazine rings is 1. The molecule has 1 saturated heterocycles. The van der Waals surface area contributed by atoms with Crippen molar-refractivity contribution < 1.29 is 27.8 Å². The molecular weight excluding hydrogens is 559 g/mol. The van der Waals surface area contributed by atoms with E-state index in [1.54, 1.807) is 56.1 Å². The van der Waals surface area contributed by atoms with Crippen LogP contribution in [-0.4, -0.2) is 73.5 Å². The number of nitrogens with zero attached hydrogens (tertiary/aromatic N) is 5. The molecule has 0 bridgehead atoms. The third-order valence-corrected chi connectivity index (χ3v) is 7.58. The zero-order valence-corrected chi connectivity index (χ0v) is 23.9. The average molecular weight is 590 g/mol. The minimum Gasteiger partial charge on any atom is -0.444 e. The maximum atomic E-state index is 15.0. The van der Waals surface area contributed by atoms with Gasteiger partial charge in [0, 0.05) is 50.0 Å². The number of carbonyl (C=O) groups excluding carboxylic acids is 1. The molecule has 41 heavy (non-hydrogen) atoms. The largest absolute Gasteiger partial charge is 0.444 e. The predicted octanol–water partition coefficient (Wildman–Crippen LogP) is 5.41. The number of amides is 1. The van der Waals surface area contributed by atoms with Crippen LogP contribution in [0.4, 0.5) is 18.0 Å². The van der Waals surface area contributed by atoms with Gasteiger partial charge < -0.3 is 19.3 Å². The molecular formula is C29H31ClF3N5O3. The molecule has 12 heteroatoms. The summed E-state index contributed by atoms with van der Waals surface area (Å²) in [6, 6.07) is 7.50. The van der Waals surface area contributed by atoms with Crippen LogP contribution in [0.25, 0.3) is 11.6 Å². The Morgan fingerprint density at radius 3 is 2.44 bits per heavy atom. The van der Waals surface area contributed by atoms with Crippen LogP contribution in [0.5, 0.6) is 0 Å². The minimum absolute atomic E-state index is 0.149. The smallest absolute Gasteiger partial charge is 0.427 e. The van der Waals surface area contributed by atoms with Crippen LogP contribution in [0.1, 0.15) is 54.9 Å². The molecule has 0 saturated carbocycles. The van der Waals surface area contributed by atoms with E-state index in [-0.39, 0.29) is 16.2 Å². The number of rotatable bonds is 3. The number of halogens is 4. The number of aryl methyl sites for hydroxylation is 1. The molecule has 1 aromatic carbocycles. The standard InChI is InChI=1S/C29H31ClF3N5O3/c1-27(2,3)41-26(39)38-12-10-37(11-13-38)25-20-8-7-19(30)15-21(20)22(14-18-6-5-9-35-24(18)25)28(40,29(31,32)33)23-16-34-17-36(23)4/h5-9,14-17,25,40H,10-13H2,1-4H3/t25-,28?/m0/s1. The van der Waals surface area contributed by atoms with Gasteiger partial charge in [-0.2, -0.15) is 13.2 Å². The number of hydrogen-bond donors (Lipinski definition) is 1. The van der Waals surface area contributed by atoms with Gasteiger partial charge in [-0.05, 0) is 61.7 Å². The predicted molar refractivity (Wildman–Crippen MR) is 148 cm³/mol. The highest BCUT2D eigenvalue weighted by Gasteiger charge is 2.60. The van der Waals surface area contributed by atoms with Crippen LogP contribution in [0.3, 0.4) is 0 Å². The van der Waals surface area contributed by atoms with Gasteiger partial charge >= 0.3 is 12.3 Å². The van der Waals surface area contributed by atoms with Gasteiger partial charge in [-0.1, -0.05) is 23.7 Å². The topological polar surface area (TPSA) is 83.7 Å². The third-order valence-electron chi connectivity index (χ3n) is 7.35. The van der Waals surface area contributed by atoms with Crippen LogP contribution in [0.15, 0.2) is 49.1 Å². The summed E-state index contributed by atoms with van der Waals surface area (Å²) in [5, 5.41) is 11.9. The molecule has 0 radical (unpaired) electrons. The normalized spacial score (nSPS) is 19.5. The van der Waals surface area contributed by atoms with Gasteiger partial charge in [-0.3, -0.25) is 9.88 Å². The van der Waals surface area contributed by atoms with Gasteiger partial charge in [-0.15, -0.1) is 0 Å². The van der Waals surface area contributed by atoms with Gasteiger partial charge in [0.2, 0.25) is 5.60 Å². The van der Waals surface area contributed by atoms with Crippen molar-refractivity contribution in [2.45, 2.75) is 44.2 Å². The first kappa shape index (κ1) is 29.1. The Morgan fingerprint density at radius 2 is 1.83 bits per heavy atom. The van der Waals surface area contributed by atoms with Gasteiger partial charge in [0.15, 0.2) is 0 Å². The van der Waals surface area contributed by atoms with Gasteiger partial charge in [0.25, 0.3) is 0 Å². The number of imidazole rings is 1. The van der Waals surface area contributed by atoms with Crippen LogP contribution >= 0.6 is 11.6 Å². The summed E-state index contributed by atoms with van der Waals surface area (Å²) in [6.07, 6.45) is -0.360. The number of ether oxygens (including phenoxy) is 1. The first-order valence-corrected chi connectivity index (χ1v) is 13.5. The summed E-state index contributed by atoms with van der Waals surface area (Å²) in [6.45, 7) is 6.96. The van der Waals surface area contributed by atoms with Gasteiger partial charge in [-0.25, -0.2) is 9.78 Å². The van der Waals surface area contributed by atoms with E-state index in [1.807, 2.05) is 0 Å². The summed E-state index contributed by atoms with van der Waals surface area (Å²) < 4.78 is 51.6. The second kappa shape index (κ2) is 10.5. The number of pyridine rings is 1. The Kier molecular flexibility index (Phi) is 7.42. The maximum absolute atomic E-state index is 15.0. The molecule has 1 aliphatic carbocycles. The monoisotopic (exact) mass is 589 g/mol. The van der Waals surface area contributed by atoms with Crippen molar-refractivity contribution in [3.63, 3.8) is 0 Å². The highest BCUT2D eigenvalue weighted by atomic mass is 35.5. The number of alkyl halides is 3. The van der Waals surface area contributed by atoms with E-state index in [1.165, 1.54) is 25.5 Å². The second-order valence-corrected chi connectivity index (χ2v) is 11.7. The van der Waals surface area contributed by atoms with E-state index < -0.39 is 35.2 Å². The summed E-state index contributed by atoms with van der Waals surface area (Å²) in [7, 11) is 1.40. The molecule has 2 aliphatic rings. The molecule has 1 fully saturated rings. The Morgan fingerprint density at radius 1 is 1.12 bits per heavy atom. The van der Waals surface area contributed by atoms with Gasteiger partial charge in [0.05, 0.1) is 30.0 Å². The van der Waals surface area contributed by atoms with Crippen molar-refractivity contribution in [3.05, 3.63) is 82.2 Å². The van der Waals surface area contributed by atoms with Crippen molar-refractivity contribution in [2.24, 2.45) is 7.05 Å². The summed E-state index contributed by atoms with van der Waals surface area (Å²) in [4.78, 5) is 24.8. The fourth-order valence-electron chi connectivity index (χ4n) is 5.46. The highest BCUT2D eigenvalue weighted by molar-refractivity contribution is 6.30. The van der Waals surface area contributed by atoms with Crippen molar-refractivity contribution >= 4 is 29.3 Å². The number of aromatic nitrogens is 3. The zero-order valence-electron chi connectivity index (χ0n) is 23.1. The average Bonchev–Trinajstić information content (AvgIpc) is 3.27. The molecule has 1 N–H and O–H groups in total. The zero-order chi connectivity index (χ0) is 29.7. The van der Waals surface area contributed by atoms with Crippen molar-refractivity contribution in [2.75, 3.05) is 26.2 Å². The fourth-order valence-corrected chi connectivity index (χ4v) is 5.63. The molecule has 1 aliphatic heterocycles. The van der Waals surface area contributed by atoms with Gasteiger partial charge in [0.1, 0.15) is 5.60 Å². The van der Waals surface area contributed by atoms with E-state index in [0.717, 1.165) is 10.8 Å². The molecule has 2 atom stereocenters. The van der Waals surface area contributed by atoms with Crippen molar-refractivity contribution in [3.8, 4) is 0 Å². The lowest BCUT2D eigenvalue weighted by molar-refractivity contribution is -0.242. The van der Waals surface area contributed by atoms with E-state index in [2.05, 4.69) is 14.9 Å². The first-order valence-electron chi connectivity index (χ1n) is 13.2. The van der Waals surface area contributed by atoms with Crippen molar-refractivity contribution in [1.29, 1.82) is 0 Å². The lowest BCUT2D eigenvalue weighted by Crippen LogP contribution is -2.51. The van der Waals surface area contributed by atoms with Crippen LogP contribution in [0.2, 0.25) is 5.02 Å². The summed E-state index contributed by atoms with van der Waals surface area (Å²) >= 11 is 6.37. The number of benzene rings is 1. The lowest BCUT2D eigenvalue weighted by Gasteiger charge is -2.40. The lowest BCUT2D eigenvalue weighted by atomic mass is 9.82. The number of fused-ring (bicyclic) bond motifs is 2. The third kappa shape index (κ3) is 5.33. The minimum atomic E-state index is -5.10. The molecule has 218 valence electrons. The molecule has 3 aromatic rings. The molecule has 2 aromatic heterocycles. The van der Waals surface area contributed by atoms with E-state index in [0.29, 0.717) is 43.0 Å². The molecule has 8 nitrogen and oxygen atoms in total. The second-order valence-electron chi connectivity index (χ2n) is 11.3. The van der Waals surface area contributed by atoms with Crippen LogP contribution in [0, 0.1) is 0 Å². The first-order chi connectivity index (χ1) is 19.2. The number of hydrogen-bond acceptors (Lipinski definition) is 6. The van der Waals surface area contributed by atoms with Crippen LogP contribution in [-0.2, 0) is 17.4 Å². The molecule has 1 unspecified atom stereocenters. The van der Waals surface area contributed by atoms with Crippen LogP contribution < -0.4 is 0 Å². The van der Waals surface area contributed by atoms with Crippen molar-refractivity contribution in [1.82, 2.24) is 24.3 Å². The highest BCUT2D eigenvalue weighted by Crippen LogP contribution is 2.52. The SMILES string of the molecule is Cn1cncc1C(O)(C1=Cc2cccnc2[C@@H](N2CCN(C(=O)OC(C)(C)C)CC2)c2ccc(Cl)cc21)C(F)(F)F. The number of carbonyl (C=O) groups is 1. The molecule has 5 rings (SSSR count). The Bertz CT molecular complexity index is 1490.